The molecular weight excluding hydrogens is 410 g/mol. The van der Waals surface area contributed by atoms with Gasteiger partial charge in [0.1, 0.15) is 17.8 Å². The largest absolute Gasteiger partial charge is 0.437 e. The number of nitrogen functional groups attached to an aromatic ring is 1. The Hall–Kier alpha value is -3.90. The molecule has 6 heteroatoms. The summed E-state index contributed by atoms with van der Waals surface area (Å²) in [4.78, 5) is 13.5. The first-order chi connectivity index (χ1) is 16.3. The highest BCUT2D eigenvalue weighted by molar-refractivity contribution is 5.68. The summed E-state index contributed by atoms with van der Waals surface area (Å²) >= 11 is 0. The van der Waals surface area contributed by atoms with E-state index in [-0.39, 0.29) is 6.04 Å². The van der Waals surface area contributed by atoms with Gasteiger partial charge in [-0.05, 0) is 23.3 Å². The lowest BCUT2D eigenvalue weighted by Gasteiger charge is -2.40. The van der Waals surface area contributed by atoms with Crippen molar-refractivity contribution in [1.82, 2.24) is 14.9 Å². The topological polar surface area (TPSA) is 67.5 Å². The van der Waals surface area contributed by atoms with Gasteiger partial charge >= 0.3 is 0 Å². The summed E-state index contributed by atoms with van der Waals surface area (Å²) in [6.07, 6.45) is 1.52. The van der Waals surface area contributed by atoms with Gasteiger partial charge in [0.2, 0.25) is 5.88 Å². The van der Waals surface area contributed by atoms with E-state index in [1.54, 1.807) is 0 Å². The van der Waals surface area contributed by atoms with Crippen molar-refractivity contribution in [3.05, 3.63) is 108 Å². The Kier molecular flexibility index (Phi) is 6.17. The number of benzene rings is 3. The number of ether oxygens (including phenoxy) is 1. The molecule has 2 N–H and O–H groups in total. The molecule has 0 spiro atoms. The van der Waals surface area contributed by atoms with E-state index in [0.717, 1.165) is 32.0 Å². The molecule has 0 aliphatic carbocycles. The summed E-state index contributed by atoms with van der Waals surface area (Å²) < 4.78 is 5.90. The zero-order valence-electron chi connectivity index (χ0n) is 18.4. The maximum absolute atomic E-state index is 6.43. The molecule has 1 aliphatic rings. The van der Waals surface area contributed by atoms with Crippen molar-refractivity contribution < 1.29 is 4.74 Å². The van der Waals surface area contributed by atoms with Crippen molar-refractivity contribution in [3.63, 3.8) is 0 Å². The van der Waals surface area contributed by atoms with Crippen molar-refractivity contribution in [2.24, 2.45) is 0 Å². The second kappa shape index (κ2) is 9.71. The van der Waals surface area contributed by atoms with Gasteiger partial charge in [0.15, 0.2) is 5.82 Å². The average molecular weight is 438 g/mol. The highest BCUT2D eigenvalue weighted by atomic mass is 16.5. The van der Waals surface area contributed by atoms with Gasteiger partial charge in [0, 0.05) is 26.2 Å². The van der Waals surface area contributed by atoms with Gasteiger partial charge in [-0.2, -0.15) is 4.98 Å². The summed E-state index contributed by atoms with van der Waals surface area (Å²) in [5.74, 6) is 1.82. The Morgan fingerprint density at radius 3 is 1.82 bits per heavy atom. The van der Waals surface area contributed by atoms with E-state index < -0.39 is 0 Å². The lowest BCUT2D eigenvalue weighted by atomic mass is 9.96. The minimum absolute atomic E-state index is 0.217. The third-order valence-corrected chi connectivity index (χ3v) is 5.99. The predicted octanol–water partition coefficient (Wildman–Crippen LogP) is 4.76. The molecule has 4 aromatic rings. The number of aromatic nitrogens is 2. The van der Waals surface area contributed by atoms with Crippen LogP contribution in [0.5, 0.6) is 11.6 Å². The van der Waals surface area contributed by atoms with Crippen LogP contribution in [0.1, 0.15) is 17.2 Å². The Morgan fingerprint density at radius 1 is 0.697 bits per heavy atom. The van der Waals surface area contributed by atoms with Crippen molar-refractivity contribution in [1.29, 1.82) is 0 Å². The normalized spacial score (nSPS) is 14.4. The summed E-state index contributed by atoms with van der Waals surface area (Å²) in [5, 5.41) is 0. The molecule has 1 fully saturated rings. The van der Waals surface area contributed by atoms with Gasteiger partial charge < -0.3 is 15.4 Å². The number of nitrogens with two attached hydrogens (primary N) is 1. The van der Waals surface area contributed by atoms with E-state index in [1.165, 1.54) is 17.5 Å². The van der Waals surface area contributed by atoms with E-state index in [1.807, 2.05) is 30.3 Å². The molecule has 166 valence electrons. The molecule has 0 atom stereocenters. The number of piperazine rings is 1. The second-order valence-corrected chi connectivity index (χ2v) is 8.08. The van der Waals surface area contributed by atoms with Gasteiger partial charge in [-0.15, -0.1) is 0 Å². The molecule has 3 aromatic carbocycles. The van der Waals surface area contributed by atoms with Gasteiger partial charge in [0.05, 0.1) is 6.04 Å². The van der Waals surface area contributed by atoms with Crippen LogP contribution in [0.3, 0.4) is 0 Å². The molecule has 1 aromatic heterocycles. The van der Waals surface area contributed by atoms with Crippen LogP contribution in [-0.2, 0) is 0 Å². The van der Waals surface area contributed by atoms with E-state index in [0.29, 0.717) is 17.3 Å². The standard InChI is InChI=1S/C27H27N5O/c28-24-26(29-20-30-27(24)33-23-14-8-3-9-15-23)32-18-16-31(17-19-32)25(21-10-4-1-5-11-21)22-12-6-2-7-13-22/h1-15,20,25H,16-19,28H2. The van der Waals surface area contributed by atoms with Crippen molar-refractivity contribution in [3.8, 4) is 11.6 Å². The Morgan fingerprint density at radius 2 is 1.24 bits per heavy atom. The summed E-state index contributed by atoms with van der Waals surface area (Å²) in [6, 6.07) is 31.2. The molecule has 1 aliphatic heterocycles. The minimum Gasteiger partial charge on any atom is -0.437 e. The molecule has 6 nitrogen and oxygen atoms in total. The maximum Gasteiger partial charge on any atom is 0.248 e. The first-order valence-electron chi connectivity index (χ1n) is 11.2. The Balaban J connectivity index is 1.34. The first kappa shape index (κ1) is 21.0. The van der Waals surface area contributed by atoms with E-state index >= 15 is 0 Å². The molecule has 2 heterocycles. The monoisotopic (exact) mass is 437 g/mol. The van der Waals surface area contributed by atoms with E-state index in [4.69, 9.17) is 10.5 Å². The molecule has 33 heavy (non-hydrogen) atoms. The second-order valence-electron chi connectivity index (χ2n) is 8.08. The van der Waals surface area contributed by atoms with Crippen molar-refractivity contribution in [2.75, 3.05) is 36.8 Å². The van der Waals surface area contributed by atoms with E-state index in [2.05, 4.69) is 80.4 Å². The Labute approximate surface area is 194 Å². The molecule has 0 radical (unpaired) electrons. The fourth-order valence-electron chi connectivity index (χ4n) is 4.38. The van der Waals surface area contributed by atoms with Crippen LogP contribution in [0, 0.1) is 0 Å². The van der Waals surface area contributed by atoms with Crippen LogP contribution in [0.25, 0.3) is 0 Å². The molecule has 0 bridgehead atoms. The zero-order valence-corrected chi connectivity index (χ0v) is 18.4. The summed E-state index contributed by atoms with van der Waals surface area (Å²) in [7, 11) is 0. The van der Waals surface area contributed by atoms with Gasteiger partial charge in [-0.25, -0.2) is 4.98 Å². The SMILES string of the molecule is Nc1c(Oc2ccccc2)ncnc1N1CCN(C(c2ccccc2)c2ccccc2)CC1. The summed E-state index contributed by atoms with van der Waals surface area (Å²) in [5.41, 5.74) is 9.51. The number of nitrogens with zero attached hydrogens (tertiary/aromatic N) is 4. The van der Waals surface area contributed by atoms with Crippen LogP contribution in [0.4, 0.5) is 11.5 Å². The van der Waals surface area contributed by atoms with Crippen LogP contribution in [0.2, 0.25) is 0 Å². The zero-order chi connectivity index (χ0) is 22.5. The molecule has 0 amide bonds. The molecule has 1 saturated heterocycles. The Bertz CT molecular complexity index is 1120. The van der Waals surface area contributed by atoms with Gasteiger partial charge in [-0.3, -0.25) is 4.90 Å². The van der Waals surface area contributed by atoms with Gasteiger partial charge in [0.25, 0.3) is 0 Å². The number of rotatable bonds is 6. The number of hydrogen-bond acceptors (Lipinski definition) is 6. The van der Waals surface area contributed by atoms with E-state index in [9.17, 15) is 0 Å². The number of hydrogen-bond donors (Lipinski definition) is 1. The fourth-order valence-corrected chi connectivity index (χ4v) is 4.38. The maximum atomic E-state index is 6.43. The van der Waals surface area contributed by atoms with Crippen LogP contribution in [-0.4, -0.2) is 41.0 Å². The summed E-state index contributed by atoms with van der Waals surface area (Å²) in [6.45, 7) is 3.43. The van der Waals surface area contributed by atoms with Crippen LogP contribution in [0.15, 0.2) is 97.3 Å². The van der Waals surface area contributed by atoms with Crippen molar-refractivity contribution in [2.45, 2.75) is 6.04 Å². The highest BCUT2D eigenvalue weighted by Crippen LogP contribution is 2.34. The van der Waals surface area contributed by atoms with Crippen LogP contribution < -0.4 is 15.4 Å². The fraction of sp³-hybridized carbons (Fsp3) is 0.185. The first-order valence-corrected chi connectivity index (χ1v) is 11.2. The molecule has 0 saturated carbocycles. The molecule has 5 rings (SSSR count). The lowest BCUT2D eigenvalue weighted by molar-refractivity contribution is 0.212. The third kappa shape index (κ3) is 4.66. The lowest BCUT2D eigenvalue weighted by Crippen LogP contribution is -2.48. The predicted molar refractivity (Wildman–Crippen MR) is 131 cm³/mol. The van der Waals surface area contributed by atoms with Crippen LogP contribution >= 0.6 is 0 Å². The number of para-hydroxylation sites is 1. The average Bonchev–Trinajstić information content (AvgIpc) is 2.88. The van der Waals surface area contributed by atoms with Crippen molar-refractivity contribution >= 4 is 11.5 Å². The van der Waals surface area contributed by atoms with Gasteiger partial charge in [-0.1, -0.05) is 78.9 Å². The molecule has 0 unspecified atom stereocenters. The minimum atomic E-state index is 0.217. The third-order valence-electron chi connectivity index (χ3n) is 5.99. The highest BCUT2D eigenvalue weighted by Gasteiger charge is 2.28. The quantitative estimate of drug-likeness (QED) is 0.469. The molecular formula is C27H27N5O. The number of anilines is 2. The smallest absolute Gasteiger partial charge is 0.248 e.